The number of ether oxygens (including phenoxy) is 3. The van der Waals surface area contributed by atoms with Crippen LogP contribution in [0.3, 0.4) is 0 Å². The van der Waals surface area contributed by atoms with Crippen LogP contribution in [0, 0.1) is 0 Å². The Morgan fingerprint density at radius 2 is 0.571 bits per heavy atom. The van der Waals surface area contributed by atoms with Gasteiger partial charge in [-0.3, -0.25) is 14.4 Å². The number of hydrogen-bond donors (Lipinski definition) is 0. The molecule has 0 aromatic heterocycles. The number of esters is 3. The molecule has 0 fully saturated rings. The maximum Gasteiger partial charge on any atom is 0.306 e. The van der Waals surface area contributed by atoms with Gasteiger partial charge < -0.3 is 14.2 Å². The first kappa shape index (κ1) is 65.3. The zero-order chi connectivity index (χ0) is 50.7. The molecular weight excluding hydrogens is 865 g/mol. The number of carbonyl (C=O) groups is 3. The topological polar surface area (TPSA) is 78.9 Å². The van der Waals surface area contributed by atoms with Gasteiger partial charge in [-0.2, -0.15) is 0 Å². The molecule has 70 heavy (non-hydrogen) atoms. The summed E-state index contributed by atoms with van der Waals surface area (Å²) in [5, 5.41) is 0. The second-order valence-electron chi connectivity index (χ2n) is 17.7. The molecule has 6 heteroatoms. The van der Waals surface area contributed by atoms with E-state index in [0.717, 1.165) is 141 Å². The van der Waals surface area contributed by atoms with E-state index in [-0.39, 0.29) is 44.0 Å². The number of allylic oxidation sites excluding steroid dienone is 24. The van der Waals surface area contributed by atoms with Crippen molar-refractivity contribution in [2.24, 2.45) is 0 Å². The van der Waals surface area contributed by atoms with Crippen LogP contribution in [0.1, 0.15) is 220 Å². The van der Waals surface area contributed by atoms with E-state index < -0.39 is 6.10 Å². The molecule has 0 radical (unpaired) electrons. The summed E-state index contributed by atoms with van der Waals surface area (Å²) in [4.78, 5) is 38.1. The van der Waals surface area contributed by atoms with Crippen LogP contribution in [0.2, 0.25) is 0 Å². The van der Waals surface area contributed by atoms with Gasteiger partial charge in [0.05, 0.1) is 0 Å². The molecule has 0 aromatic rings. The Hall–Kier alpha value is -4.71. The zero-order valence-electron chi connectivity index (χ0n) is 44.7. The predicted octanol–water partition coefficient (Wildman–Crippen LogP) is 18.8. The minimum atomic E-state index is -0.828. The fourth-order valence-electron chi connectivity index (χ4n) is 6.94. The maximum absolute atomic E-state index is 12.8. The molecule has 0 aliphatic rings. The largest absolute Gasteiger partial charge is 0.462 e. The van der Waals surface area contributed by atoms with Gasteiger partial charge in [-0.1, -0.05) is 212 Å². The van der Waals surface area contributed by atoms with E-state index in [4.69, 9.17) is 14.2 Å². The summed E-state index contributed by atoms with van der Waals surface area (Å²) in [6.07, 6.45) is 81.3. The van der Waals surface area contributed by atoms with E-state index in [9.17, 15) is 14.4 Å². The molecule has 0 N–H and O–H groups in total. The molecule has 0 heterocycles. The Bertz CT molecular complexity index is 1580. The summed E-state index contributed by atoms with van der Waals surface area (Å²) < 4.78 is 16.7. The van der Waals surface area contributed by atoms with Crippen LogP contribution >= 0.6 is 0 Å². The average Bonchev–Trinajstić information content (AvgIpc) is 3.36. The van der Waals surface area contributed by atoms with Gasteiger partial charge in [-0.25, -0.2) is 0 Å². The average molecular weight is 965 g/mol. The van der Waals surface area contributed by atoms with E-state index >= 15 is 0 Å². The van der Waals surface area contributed by atoms with Crippen LogP contribution in [0.5, 0.6) is 0 Å². The van der Waals surface area contributed by atoms with Crippen molar-refractivity contribution >= 4 is 17.9 Å². The van der Waals surface area contributed by atoms with Crippen LogP contribution in [0.25, 0.3) is 0 Å². The van der Waals surface area contributed by atoms with Crippen molar-refractivity contribution in [3.63, 3.8) is 0 Å². The van der Waals surface area contributed by atoms with Gasteiger partial charge in [0.15, 0.2) is 6.10 Å². The summed E-state index contributed by atoms with van der Waals surface area (Å²) in [5.74, 6) is -1.03. The van der Waals surface area contributed by atoms with E-state index in [1.807, 2.05) is 0 Å². The van der Waals surface area contributed by atoms with Crippen LogP contribution < -0.4 is 0 Å². The quantitative estimate of drug-likeness (QED) is 0.0262. The minimum Gasteiger partial charge on any atom is -0.462 e. The fraction of sp³-hybridized carbons (Fsp3) is 0.578. The van der Waals surface area contributed by atoms with Crippen LogP contribution in [-0.4, -0.2) is 37.2 Å². The first-order chi connectivity index (χ1) is 34.5. The molecule has 0 saturated carbocycles. The highest BCUT2D eigenvalue weighted by Crippen LogP contribution is 2.12. The molecule has 1 unspecified atom stereocenters. The molecule has 0 aliphatic heterocycles. The van der Waals surface area contributed by atoms with Crippen LogP contribution in [-0.2, 0) is 28.6 Å². The Balaban J connectivity index is 4.55. The van der Waals surface area contributed by atoms with Gasteiger partial charge in [0.1, 0.15) is 13.2 Å². The summed E-state index contributed by atoms with van der Waals surface area (Å²) in [5.41, 5.74) is 0. The molecule has 0 spiro atoms. The van der Waals surface area contributed by atoms with E-state index in [2.05, 4.69) is 167 Å². The molecule has 0 rings (SSSR count). The van der Waals surface area contributed by atoms with Crippen molar-refractivity contribution in [3.8, 4) is 0 Å². The lowest BCUT2D eigenvalue weighted by atomic mass is 10.1. The highest BCUT2D eigenvalue weighted by atomic mass is 16.6. The number of hydrogen-bond acceptors (Lipinski definition) is 6. The third-order valence-corrected chi connectivity index (χ3v) is 11.1. The summed E-state index contributed by atoms with van der Waals surface area (Å²) in [7, 11) is 0. The Kier molecular flexibility index (Phi) is 53.0. The molecule has 0 aromatic carbocycles. The van der Waals surface area contributed by atoms with E-state index in [1.54, 1.807) is 0 Å². The normalized spacial score (nSPS) is 13.2. The molecule has 0 aliphatic carbocycles. The smallest absolute Gasteiger partial charge is 0.306 e. The van der Waals surface area contributed by atoms with Crippen molar-refractivity contribution in [2.45, 2.75) is 226 Å². The predicted molar refractivity (Wildman–Crippen MR) is 302 cm³/mol. The fourth-order valence-corrected chi connectivity index (χ4v) is 6.94. The molecule has 0 saturated heterocycles. The van der Waals surface area contributed by atoms with Gasteiger partial charge in [0.2, 0.25) is 0 Å². The summed E-state index contributed by atoms with van der Waals surface area (Å²) >= 11 is 0. The van der Waals surface area contributed by atoms with E-state index in [1.165, 1.54) is 32.1 Å². The lowest BCUT2D eigenvalue weighted by Gasteiger charge is -2.18. The van der Waals surface area contributed by atoms with Crippen LogP contribution in [0.4, 0.5) is 0 Å². The molecule has 392 valence electrons. The van der Waals surface area contributed by atoms with Gasteiger partial charge in [-0.15, -0.1) is 0 Å². The number of unbranched alkanes of at least 4 members (excludes halogenated alkanes) is 13. The lowest BCUT2D eigenvalue weighted by molar-refractivity contribution is -0.167. The summed E-state index contributed by atoms with van der Waals surface area (Å²) in [6.45, 7) is 6.29. The second-order valence-corrected chi connectivity index (χ2v) is 17.7. The highest BCUT2D eigenvalue weighted by Gasteiger charge is 2.19. The van der Waals surface area contributed by atoms with E-state index in [0.29, 0.717) is 12.8 Å². The van der Waals surface area contributed by atoms with Crippen molar-refractivity contribution in [2.75, 3.05) is 13.2 Å². The molecule has 0 bridgehead atoms. The van der Waals surface area contributed by atoms with Crippen LogP contribution in [0.15, 0.2) is 146 Å². The second kappa shape index (κ2) is 56.9. The molecular formula is C64H100O6. The highest BCUT2D eigenvalue weighted by molar-refractivity contribution is 5.71. The van der Waals surface area contributed by atoms with Gasteiger partial charge in [0, 0.05) is 19.3 Å². The minimum absolute atomic E-state index is 0.123. The SMILES string of the molecule is CC/C=C\C/C=C\C/C=C\C/C=C\C/C=C\C/C=C\C/C=C\CCCC(=O)OCC(COC(=O)CCCCC/C=C\C/C=C\C/C=C\CC)OC(=O)CCCCCCC/C=C\C/C=C\CCCCCC. The van der Waals surface area contributed by atoms with Gasteiger partial charge in [0.25, 0.3) is 0 Å². The van der Waals surface area contributed by atoms with Crippen molar-refractivity contribution in [1.29, 1.82) is 0 Å². The van der Waals surface area contributed by atoms with Gasteiger partial charge >= 0.3 is 17.9 Å². The first-order valence-electron chi connectivity index (χ1n) is 27.8. The monoisotopic (exact) mass is 965 g/mol. The Labute approximate surface area is 429 Å². The van der Waals surface area contributed by atoms with Crippen molar-refractivity contribution in [1.82, 2.24) is 0 Å². The Morgan fingerprint density at radius 3 is 0.943 bits per heavy atom. The zero-order valence-corrected chi connectivity index (χ0v) is 44.7. The number of carbonyl (C=O) groups excluding carboxylic acids is 3. The lowest BCUT2D eigenvalue weighted by Crippen LogP contribution is -2.30. The Morgan fingerprint density at radius 1 is 0.300 bits per heavy atom. The van der Waals surface area contributed by atoms with Gasteiger partial charge in [-0.05, 0) is 135 Å². The maximum atomic E-state index is 12.8. The van der Waals surface area contributed by atoms with Crippen molar-refractivity contribution in [3.05, 3.63) is 146 Å². The number of rotatable bonds is 48. The third-order valence-electron chi connectivity index (χ3n) is 11.1. The molecule has 0 amide bonds. The molecule has 6 nitrogen and oxygen atoms in total. The first-order valence-corrected chi connectivity index (χ1v) is 27.8. The summed E-state index contributed by atoms with van der Waals surface area (Å²) in [6, 6.07) is 0. The standard InChI is InChI=1S/C64H100O6/c1-4-7-10-13-16-19-22-25-27-29-30-31-32-33-34-35-37-39-42-45-48-51-54-57-63(66)69-60-61(59-68-62(65)56-53-50-47-44-41-38-24-21-18-15-12-9-6-3)70-64(67)58-55-52-49-46-43-40-36-28-26-23-20-17-14-11-8-5-2/h7,9-10,12,16,18-21,23,25,27-28,30-31,33-34,36-39,41,45,48,61H,4-6,8,11,13-15,17,22,24,26,29,32,35,40,42-44,46-47,49-60H2,1-3H3/b10-7-,12-9-,19-16-,21-18-,23-20-,27-25-,31-30-,34-33-,36-28-,39-37-,41-38-,48-45-. The third kappa shape index (κ3) is 54.2. The molecule has 1 atom stereocenters. The van der Waals surface area contributed by atoms with Crippen molar-refractivity contribution < 1.29 is 28.6 Å².